The Morgan fingerprint density at radius 2 is 1.77 bits per heavy atom. The number of piperidine rings is 1. The summed E-state index contributed by atoms with van der Waals surface area (Å²) in [6, 6.07) is 1.27. The number of nitrogens with zero attached hydrogens (tertiary/aromatic N) is 2. The Morgan fingerprint density at radius 1 is 1.11 bits per heavy atom. The van der Waals surface area contributed by atoms with Crippen LogP contribution in [0.15, 0.2) is 18.5 Å². The number of halogens is 7. The number of imidazole rings is 1. The molecule has 1 aromatic heterocycles. The molecule has 0 spiro atoms. The molecule has 194 valence electrons. The first-order valence-electron chi connectivity index (χ1n) is 11.8. The maximum atomic E-state index is 16.1. The second-order valence-corrected chi connectivity index (χ2v) is 11.1. The number of nitrogens with one attached hydrogen (secondary N) is 1. The van der Waals surface area contributed by atoms with Gasteiger partial charge in [0.1, 0.15) is 18.0 Å². The van der Waals surface area contributed by atoms with Gasteiger partial charge in [-0.3, -0.25) is 0 Å². The summed E-state index contributed by atoms with van der Waals surface area (Å²) in [7, 11) is 0. The molecule has 0 amide bonds. The van der Waals surface area contributed by atoms with Crippen LogP contribution < -0.4 is 10.1 Å². The third-order valence-electron chi connectivity index (χ3n) is 8.26. The van der Waals surface area contributed by atoms with Crippen LogP contribution >= 0.6 is 0 Å². The lowest BCUT2D eigenvalue weighted by Crippen LogP contribution is -2.76. The zero-order valence-electron chi connectivity index (χ0n) is 19.7. The van der Waals surface area contributed by atoms with Gasteiger partial charge in [-0.1, -0.05) is 0 Å². The van der Waals surface area contributed by atoms with Crippen LogP contribution in [0.5, 0.6) is 5.75 Å². The van der Waals surface area contributed by atoms with Crippen LogP contribution in [0.1, 0.15) is 64.5 Å². The molecule has 35 heavy (non-hydrogen) atoms. The van der Waals surface area contributed by atoms with Gasteiger partial charge in [-0.15, -0.1) is 0 Å². The van der Waals surface area contributed by atoms with E-state index in [9.17, 15) is 26.3 Å². The van der Waals surface area contributed by atoms with Crippen molar-refractivity contribution in [3.05, 3.63) is 24.0 Å². The summed E-state index contributed by atoms with van der Waals surface area (Å²) < 4.78 is 105. The molecule has 3 aliphatic carbocycles. The molecule has 4 aliphatic rings. The number of rotatable bonds is 5. The van der Waals surface area contributed by atoms with Crippen molar-refractivity contribution in [3.8, 4) is 5.75 Å². The van der Waals surface area contributed by atoms with E-state index < -0.39 is 40.5 Å². The summed E-state index contributed by atoms with van der Waals surface area (Å²) in [6.45, 7) is 5.17. The molecule has 4 nitrogen and oxygen atoms in total. The number of hydrogen-bond acceptors (Lipinski definition) is 3. The minimum atomic E-state index is -4.63. The van der Waals surface area contributed by atoms with Crippen molar-refractivity contribution in [2.45, 2.75) is 89.0 Å². The lowest BCUT2D eigenvalue weighted by atomic mass is 9.30. The van der Waals surface area contributed by atoms with Crippen molar-refractivity contribution in [1.82, 2.24) is 14.9 Å². The maximum absolute atomic E-state index is 16.1. The highest BCUT2D eigenvalue weighted by Crippen LogP contribution is 2.83. The van der Waals surface area contributed by atoms with Crippen LogP contribution in [0.2, 0.25) is 0 Å². The molecule has 1 saturated heterocycles. The van der Waals surface area contributed by atoms with Crippen LogP contribution in [0.25, 0.3) is 11.0 Å². The van der Waals surface area contributed by atoms with Gasteiger partial charge in [0, 0.05) is 36.0 Å². The highest BCUT2D eigenvalue weighted by atomic mass is 19.4. The molecule has 2 bridgehead atoms. The topological polar surface area (TPSA) is 39.1 Å². The lowest BCUT2D eigenvalue weighted by molar-refractivity contribution is -0.394. The SMILES string of the molecule is CC1CC(F)(C23CC(C(F)(F)F)(C2)C3)CC(COc2cc(C(F)(F)F)c3c(c2)ncn3C(C)C)N1. The van der Waals surface area contributed by atoms with Crippen molar-refractivity contribution in [2.75, 3.05) is 6.61 Å². The molecule has 1 N–H and O–H groups in total. The lowest BCUT2D eigenvalue weighted by Gasteiger charge is -2.75. The van der Waals surface area contributed by atoms with Crippen LogP contribution in [0.4, 0.5) is 30.7 Å². The highest BCUT2D eigenvalue weighted by molar-refractivity contribution is 5.81. The van der Waals surface area contributed by atoms with Crippen LogP contribution in [0.3, 0.4) is 0 Å². The van der Waals surface area contributed by atoms with Gasteiger partial charge in [0.25, 0.3) is 0 Å². The van der Waals surface area contributed by atoms with E-state index in [2.05, 4.69) is 10.3 Å². The van der Waals surface area contributed by atoms with Crippen molar-refractivity contribution >= 4 is 11.0 Å². The number of hydrogen-bond donors (Lipinski definition) is 1. The third kappa shape index (κ3) is 3.71. The van der Waals surface area contributed by atoms with E-state index in [1.165, 1.54) is 17.0 Å². The van der Waals surface area contributed by atoms with Crippen molar-refractivity contribution in [1.29, 1.82) is 0 Å². The summed E-state index contributed by atoms with van der Waals surface area (Å²) in [5.74, 6) is -0.0372. The number of benzene rings is 1. The Kier molecular flexibility index (Phi) is 5.27. The summed E-state index contributed by atoms with van der Waals surface area (Å²) in [6.07, 6.45) is -8.10. The molecular formula is C24H28F7N3O. The van der Waals surface area contributed by atoms with Crippen molar-refractivity contribution in [2.24, 2.45) is 10.8 Å². The number of aromatic nitrogens is 2. The maximum Gasteiger partial charge on any atom is 0.418 e. The molecule has 1 aromatic carbocycles. The highest BCUT2D eigenvalue weighted by Gasteiger charge is 2.83. The number of alkyl halides is 7. The summed E-state index contributed by atoms with van der Waals surface area (Å²) >= 11 is 0. The van der Waals surface area contributed by atoms with Gasteiger partial charge in [0.15, 0.2) is 0 Å². The van der Waals surface area contributed by atoms with Crippen LogP contribution in [-0.4, -0.2) is 40.1 Å². The van der Waals surface area contributed by atoms with Gasteiger partial charge in [0.2, 0.25) is 0 Å². The van der Waals surface area contributed by atoms with Gasteiger partial charge in [0.05, 0.1) is 28.3 Å². The molecule has 2 aromatic rings. The second-order valence-electron chi connectivity index (χ2n) is 11.1. The van der Waals surface area contributed by atoms with Gasteiger partial charge in [-0.05, 0) is 52.5 Å². The van der Waals surface area contributed by atoms with E-state index in [0.717, 1.165) is 6.07 Å². The first-order valence-corrected chi connectivity index (χ1v) is 11.8. The Labute approximate surface area is 198 Å². The van der Waals surface area contributed by atoms with Crippen molar-refractivity contribution in [3.63, 3.8) is 0 Å². The standard InChI is InChI=1S/C24H28F7N3O/c1-13(2)34-12-32-18-5-16(4-17(19(18)34)23(26,27)28)35-8-15-7-22(25,6-14(3)33-15)20-9-21(10-20,11-20)24(29,30)31/h4-5,12-15,33H,6-11H2,1-3H3. The fourth-order valence-corrected chi connectivity index (χ4v) is 6.62. The minimum absolute atomic E-state index is 0.0331. The molecule has 6 rings (SSSR count). The molecule has 3 atom stereocenters. The monoisotopic (exact) mass is 507 g/mol. The quantitative estimate of drug-likeness (QED) is 0.464. The summed E-state index contributed by atoms with van der Waals surface area (Å²) in [5, 5.41) is 3.19. The fourth-order valence-electron chi connectivity index (χ4n) is 6.62. The van der Waals surface area contributed by atoms with E-state index in [-0.39, 0.29) is 67.6 Å². The third-order valence-corrected chi connectivity index (χ3v) is 8.26. The molecule has 0 radical (unpaired) electrons. The number of fused-ring (bicyclic) bond motifs is 1. The summed E-state index contributed by atoms with van der Waals surface area (Å²) in [4.78, 5) is 4.10. The molecule has 11 heteroatoms. The van der Waals surface area contributed by atoms with E-state index in [0.29, 0.717) is 0 Å². The van der Waals surface area contributed by atoms with E-state index in [4.69, 9.17) is 4.74 Å². The Morgan fingerprint density at radius 3 is 2.34 bits per heavy atom. The molecule has 4 fully saturated rings. The van der Waals surface area contributed by atoms with Crippen LogP contribution in [0, 0.1) is 10.8 Å². The molecule has 3 unspecified atom stereocenters. The first kappa shape index (κ1) is 24.6. The average molecular weight is 507 g/mol. The van der Waals surface area contributed by atoms with Gasteiger partial charge < -0.3 is 14.6 Å². The molecule has 3 saturated carbocycles. The predicted octanol–water partition coefficient (Wildman–Crippen LogP) is 6.60. The molecule has 1 aliphatic heterocycles. The van der Waals surface area contributed by atoms with Crippen LogP contribution in [-0.2, 0) is 6.18 Å². The minimum Gasteiger partial charge on any atom is -0.492 e. The predicted molar refractivity (Wildman–Crippen MR) is 115 cm³/mol. The van der Waals surface area contributed by atoms with E-state index >= 15 is 4.39 Å². The molecular weight excluding hydrogens is 479 g/mol. The summed E-state index contributed by atoms with van der Waals surface area (Å²) in [5.41, 5.74) is -5.24. The fraction of sp³-hybridized carbons (Fsp3) is 0.708. The van der Waals surface area contributed by atoms with Crippen molar-refractivity contribution < 1.29 is 35.5 Å². The van der Waals surface area contributed by atoms with Gasteiger partial charge >= 0.3 is 12.4 Å². The van der Waals surface area contributed by atoms with E-state index in [1.807, 2.05) is 0 Å². The largest absolute Gasteiger partial charge is 0.492 e. The van der Waals surface area contributed by atoms with E-state index in [1.54, 1.807) is 20.8 Å². The zero-order valence-corrected chi connectivity index (χ0v) is 19.7. The number of ether oxygens (including phenoxy) is 1. The average Bonchev–Trinajstić information content (AvgIpc) is 3.04. The van der Waals surface area contributed by atoms with Gasteiger partial charge in [-0.25, -0.2) is 9.37 Å². The second kappa shape index (κ2) is 7.49. The Hall–Kier alpha value is -2.04. The zero-order chi connectivity index (χ0) is 25.6. The smallest absolute Gasteiger partial charge is 0.418 e. The Balaban J connectivity index is 1.33. The van der Waals surface area contributed by atoms with Gasteiger partial charge in [-0.2, -0.15) is 26.3 Å². The normalized spacial score (nSPS) is 35.2. The first-order chi connectivity index (χ1) is 16.1. The molecule has 2 heterocycles. The Bertz CT molecular complexity index is 1120.